The molecule has 2 bridgehead atoms. The normalized spacial score (nSPS) is 24.8. The van der Waals surface area contributed by atoms with Crippen molar-refractivity contribution < 1.29 is 14.3 Å². The average molecular weight is 534 g/mol. The van der Waals surface area contributed by atoms with Crippen LogP contribution in [-0.4, -0.2) is 47.2 Å². The van der Waals surface area contributed by atoms with E-state index in [0.717, 1.165) is 16.7 Å². The first-order valence-corrected chi connectivity index (χ1v) is 12.3. The van der Waals surface area contributed by atoms with Crippen molar-refractivity contribution in [3.63, 3.8) is 0 Å². The summed E-state index contributed by atoms with van der Waals surface area (Å²) in [5.41, 5.74) is 1.51. The first-order valence-electron chi connectivity index (χ1n) is 11.6. The molecule has 9 nitrogen and oxygen atoms in total. The summed E-state index contributed by atoms with van der Waals surface area (Å²) in [4.78, 5) is 29.2. The number of nitrogens with one attached hydrogen (secondary N) is 2. The molecule has 3 aliphatic rings. The zero-order valence-electron chi connectivity index (χ0n) is 19.8. The lowest BCUT2D eigenvalue weighted by molar-refractivity contribution is -0.143. The molecule has 0 aromatic carbocycles. The molecule has 3 aliphatic carbocycles. The van der Waals surface area contributed by atoms with E-state index >= 15 is 0 Å². The first-order chi connectivity index (χ1) is 16.3. The molecule has 3 saturated carbocycles. The summed E-state index contributed by atoms with van der Waals surface area (Å²) in [5, 5.41) is 10.6. The van der Waals surface area contributed by atoms with Gasteiger partial charge in [0.25, 0.3) is 5.56 Å². The van der Waals surface area contributed by atoms with Crippen molar-refractivity contribution in [1.82, 2.24) is 20.1 Å². The maximum atomic E-state index is 12.9. The lowest BCUT2D eigenvalue weighted by Gasteiger charge is -2.62. The van der Waals surface area contributed by atoms with E-state index in [1.165, 1.54) is 6.42 Å². The van der Waals surface area contributed by atoms with Crippen LogP contribution in [-0.2, 0) is 27.4 Å². The van der Waals surface area contributed by atoms with E-state index < -0.39 is 0 Å². The van der Waals surface area contributed by atoms with Crippen molar-refractivity contribution in [2.75, 3.05) is 25.8 Å². The zero-order chi connectivity index (χ0) is 24.3. The maximum Gasteiger partial charge on any atom is 0.283 e. The van der Waals surface area contributed by atoms with Gasteiger partial charge in [0.05, 0.1) is 18.5 Å². The van der Waals surface area contributed by atoms with Crippen LogP contribution in [0.2, 0.25) is 0 Å². The summed E-state index contributed by atoms with van der Waals surface area (Å²) in [6, 6.07) is 3.82. The molecule has 1 amide bonds. The molecule has 0 radical (unpaired) electrons. The third-order valence-corrected chi connectivity index (χ3v) is 8.25. The summed E-state index contributed by atoms with van der Waals surface area (Å²) in [6.07, 6.45) is 7.17. The van der Waals surface area contributed by atoms with Crippen LogP contribution in [0.4, 0.5) is 5.69 Å². The van der Waals surface area contributed by atoms with Crippen molar-refractivity contribution in [3.8, 4) is 0 Å². The Morgan fingerprint density at radius 2 is 2.06 bits per heavy atom. The fraction of sp³-hybridized carbons (Fsp3) is 0.583. The molecule has 2 aromatic heterocycles. The number of hydrogen-bond acceptors (Lipinski definition) is 7. The minimum atomic E-state index is -0.349. The SMILES string of the molecule is COCOC[C@H]1[C@H](Nc2cnn(CC(=O)NCc3ccncc3)c(=O)c2Br)C[C@H]2C[C@@H]1C2(C)C. The van der Waals surface area contributed by atoms with Gasteiger partial charge in [0, 0.05) is 38.0 Å². The number of nitrogens with zero attached hydrogens (tertiary/aromatic N) is 3. The zero-order valence-corrected chi connectivity index (χ0v) is 21.4. The average Bonchev–Trinajstić information content (AvgIpc) is 2.83. The Bertz CT molecular complexity index is 1060. The van der Waals surface area contributed by atoms with Gasteiger partial charge in [-0.3, -0.25) is 14.6 Å². The highest BCUT2D eigenvalue weighted by molar-refractivity contribution is 9.10. The van der Waals surface area contributed by atoms with E-state index in [1.807, 2.05) is 12.1 Å². The fourth-order valence-electron chi connectivity index (χ4n) is 5.38. The minimum absolute atomic E-state index is 0.155. The number of rotatable bonds is 10. The predicted molar refractivity (Wildman–Crippen MR) is 131 cm³/mol. The molecule has 2 N–H and O–H groups in total. The second-order valence-corrected chi connectivity index (χ2v) is 10.5. The van der Waals surface area contributed by atoms with Crippen LogP contribution >= 0.6 is 15.9 Å². The molecule has 10 heteroatoms. The maximum absolute atomic E-state index is 12.9. The van der Waals surface area contributed by atoms with Gasteiger partial charge in [-0.05, 0) is 63.7 Å². The number of carbonyl (C=O) groups is 1. The Kier molecular flexibility index (Phi) is 7.69. The van der Waals surface area contributed by atoms with E-state index in [-0.39, 0.29) is 30.8 Å². The van der Waals surface area contributed by atoms with Crippen molar-refractivity contribution in [3.05, 3.63) is 51.1 Å². The molecule has 5 rings (SSSR count). The number of anilines is 1. The van der Waals surface area contributed by atoms with Gasteiger partial charge in [-0.15, -0.1) is 0 Å². The fourth-order valence-corrected chi connectivity index (χ4v) is 5.80. The van der Waals surface area contributed by atoms with Crippen molar-refractivity contribution in [2.24, 2.45) is 23.2 Å². The molecule has 2 aromatic rings. The number of hydrogen-bond donors (Lipinski definition) is 2. The van der Waals surface area contributed by atoms with Gasteiger partial charge in [-0.1, -0.05) is 13.8 Å². The smallest absolute Gasteiger partial charge is 0.283 e. The van der Waals surface area contributed by atoms with Gasteiger partial charge < -0.3 is 20.1 Å². The standard InChI is InChI=1S/C24H32BrN5O4/c1-24(2)16-8-18(24)17(13-34-14-33-3)19(9-16)29-20-11-28-30(23(32)22(20)25)12-21(31)27-10-15-4-6-26-7-5-15/h4-7,11,16-19,29H,8-10,12-14H2,1-3H3,(H,27,31)/t16-,17-,18+,19-/m1/s1. The van der Waals surface area contributed by atoms with Crippen molar-refractivity contribution >= 4 is 27.5 Å². The molecule has 0 aliphatic heterocycles. The Hall–Kier alpha value is -2.30. The van der Waals surface area contributed by atoms with Crippen molar-refractivity contribution in [2.45, 2.75) is 45.8 Å². The Morgan fingerprint density at radius 1 is 1.29 bits per heavy atom. The number of aromatic nitrogens is 3. The highest BCUT2D eigenvalue weighted by Crippen LogP contribution is 2.61. The second kappa shape index (κ2) is 10.5. The Balaban J connectivity index is 1.41. The van der Waals surface area contributed by atoms with Crippen LogP contribution in [0.3, 0.4) is 0 Å². The highest BCUT2D eigenvalue weighted by atomic mass is 79.9. The largest absolute Gasteiger partial charge is 0.380 e. The number of amides is 1. The molecule has 2 heterocycles. The van der Waals surface area contributed by atoms with Crippen molar-refractivity contribution in [1.29, 1.82) is 0 Å². The van der Waals surface area contributed by atoms with Crippen LogP contribution in [0.25, 0.3) is 0 Å². The Labute approximate surface area is 207 Å². The lowest BCUT2D eigenvalue weighted by atomic mass is 9.44. The van der Waals surface area contributed by atoms with Gasteiger partial charge in [0.1, 0.15) is 17.8 Å². The summed E-state index contributed by atoms with van der Waals surface area (Å²) in [6.45, 7) is 5.76. The van der Waals surface area contributed by atoms with Crippen LogP contribution in [0, 0.1) is 23.2 Å². The molecular weight excluding hydrogens is 502 g/mol. The van der Waals surface area contributed by atoms with Gasteiger partial charge in [0.15, 0.2) is 0 Å². The van der Waals surface area contributed by atoms with Gasteiger partial charge in [-0.25, -0.2) is 4.68 Å². The molecule has 0 unspecified atom stereocenters. The van der Waals surface area contributed by atoms with Crippen LogP contribution in [0.15, 0.2) is 40.0 Å². The predicted octanol–water partition coefficient (Wildman–Crippen LogP) is 2.80. The van der Waals surface area contributed by atoms with Crippen LogP contribution < -0.4 is 16.2 Å². The van der Waals surface area contributed by atoms with Crippen LogP contribution in [0.1, 0.15) is 32.3 Å². The second-order valence-electron chi connectivity index (χ2n) is 9.76. The molecule has 0 saturated heterocycles. The quantitative estimate of drug-likeness (QED) is 0.357. The van der Waals surface area contributed by atoms with E-state index in [2.05, 4.69) is 50.5 Å². The molecule has 0 spiro atoms. The van der Waals surface area contributed by atoms with Gasteiger partial charge >= 0.3 is 0 Å². The third kappa shape index (κ3) is 5.18. The number of ether oxygens (including phenoxy) is 2. The van der Waals surface area contributed by atoms with E-state index in [1.54, 1.807) is 25.7 Å². The molecule has 4 atom stereocenters. The number of carbonyl (C=O) groups excluding carboxylic acids is 1. The summed E-state index contributed by atoms with van der Waals surface area (Å²) < 4.78 is 12.4. The summed E-state index contributed by atoms with van der Waals surface area (Å²) in [5.74, 6) is 1.22. The number of fused-ring (bicyclic) bond motifs is 2. The minimum Gasteiger partial charge on any atom is -0.380 e. The Morgan fingerprint density at radius 3 is 2.76 bits per heavy atom. The summed E-state index contributed by atoms with van der Waals surface area (Å²) in [7, 11) is 1.62. The lowest BCUT2D eigenvalue weighted by Crippen LogP contribution is -2.60. The third-order valence-electron chi connectivity index (χ3n) is 7.49. The number of methoxy groups -OCH3 is 1. The van der Waals surface area contributed by atoms with Crippen LogP contribution in [0.5, 0.6) is 0 Å². The van der Waals surface area contributed by atoms with E-state index in [4.69, 9.17) is 9.47 Å². The topological polar surface area (TPSA) is 107 Å². The van der Waals surface area contributed by atoms with E-state index in [9.17, 15) is 9.59 Å². The number of pyridine rings is 1. The van der Waals surface area contributed by atoms with Gasteiger partial charge in [0.2, 0.25) is 5.91 Å². The molecule has 184 valence electrons. The first kappa shape index (κ1) is 24.8. The summed E-state index contributed by atoms with van der Waals surface area (Å²) >= 11 is 3.43. The van der Waals surface area contributed by atoms with E-state index in [0.29, 0.717) is 46.5 Å². The number of halogens is 1. The molecular formula is C24H32BrN5O4. The molecule has 3 fully saturated rings. The van der Waals surface area contributed by atoms with Gasteiger partial charge in [-0.2, -0.15) is 5.10 Å². The monoisotopic (exact) mass is 533 g/mol. The highest BCUT2D eigenvalue weighted by Gasteiger charge is 2.57. The molecule has 34 heavy (non-hydrogen) atoms.